The first kappa shape index (κ1) is 39.0. The SMILES string of the molecule is CCCC[C@@H](OC(=O)CN(C)C)c1ccccc1C(=O)O[C@H]1CO[C@H]2[C@@H]1OC[C@H]2OC(=O)c1ccccc1[C@@H](CCCC)OC(=O)CN(C)C. The summed E-state index contributed by atoms with van der Waals surface area (Å²) in [5.41, 5.74) is 1.76. The molecule has 12 nitrogen and oxygen atoms in total. The van der Waals surface area contributed by atoms with E-state index in [1.807, 2.05) is 0 Å². The monoisotopic (exact) mass is 696 g/mol. The summed E-state index contributed by atoms with van der Waals surface area (Å²) in [7, 11) is 7.15. The van der Waals surface area contributed by atoms with Crippen molar-refractivity contribution in [2.45, 2.75) is 89.0 Å². The predicted molar refractivity (Wildman–Crippen MR) is 185 cm³/mol. The van der Waals surface area contributed by atoms with Gasteiger partial charge in [-0.2, -0.15) is 0 Å². The first-order valence-electron chi connectivity index (χ1n) is 17.5. The highest BCUT2D eigenvalue weighted by Gasteiger charge is 2.51. The second kappa shape index (κ2) is 19.0. The summed E-state index contributed by atoms with van der Waals surface area (Å²) in [5.74, 6) is -1.92. The molecule has 0 amide bonds. The summed E-state index contributed by atoms with van der Waals surface area (Å²) < 4.78 is 35.5. The molecule has 0 radical (unpaired) electrons. The van der Waals surface area contributed by atoms with Crippen molar-refractivity contribution in [3.05, 3.63) is 70.8 Å². The number of hydrogen-bond donors (Lipinski definition) is 0. The second-order valence-electron chi connectivity index (χ2n) is 13.4. The highest BCUT2D eigenvalue weighted by atomic mass is 16.7. The van der Waals surface area contributed by atoms with E-state index >= 15 is 0 Å². The van der Waals surface area contributed by atoms with E-state index in [-0.39, 0.29) is 38.2 Å². The van der Waals surface area contributed by atoms with Crippen LogP contribution in [0.3, 0.4) is 0 Å². The summed E-state index contributed by atoms with van der Waals surface area (Å²) in [6.45, 7) is 4.47. The maximum absolute atomic E-state index is 13.6. The summed E-state index contributed by atoms with van der Waals surface area (Å²) in [5, 5.41) is 0. The van der Waals surface area contributed by atoms with Crippen molar-refractivity contribution in [1.82, 2.24) is 9.80 Å². The molecule has 2 fully saturated rings. The molecular formula is C38H52N2O10. The summed E-state index contributed by atoms with van der Waals surface area (Å²) >= 11 is 0. The van der Waals surface area contributed by atoms with Crippen molar-refractivity contribution in [1.29, 1.82) is 0 Å². The third kappa shape index (κ3) is 10.6. The first-order chi connectivity index (χ1) is 24.0. The fraction of sp³-hybridized carbons (Fsp3) is 0.579. The van der Waals surface area contributed by atoms with E-state index in [9.17, 15) is 19.2 Å². The number of fused-ring (bicyclic) bond motifs is 1. The van der Waals surface area contributed by atoms with Crippen LogP contribution in [0.1, 0.15) is 96.4 Å². The Hall–Kier alpha value is -3.84. The van der Waals surface area contributed by atoms with Crippen molar-refractivity contribution < 1.29 is 47.6 Å². The number of hydrogen-bond acceptors (Lipinski definition) is 12. The number of carbonyl (C=O) groups is 4. The molecule has 2 saturated heterocycles. The molecule has 0 aromatic heterocycles. The van der Waals surface area contributed by atoms with E-state index in [2.05, 4.69) is 13.8 Å². The van der Waals surface area contributed by atoms with Gasteiger partial charge in [0.25, 0.3) is 0 Å². The van der Waals surface area contributed by atoms with E-state index in [4.69, 9.17) is 28.4 Å². The smallest absolute Gasteiger partial charge is 0.339 e. The predicted octanol–water partition coefficient (Wildman–Crippen LogP) is 4.91. The Bertz CT molecular complexity index is 1340. The van der Waals surface area contributed by atoms with Gasteiger partial charge in [-0.1, -0.05) is 63.1 Å². The topological polar surface area (TPSA) is 130 Å². The van der Waals surface area contributed by atoms with Crippen LogP contribution in [0.4, 0.5) is 0 Å². The Morgan fingerprint density at radius 2 is 1.04 bits per heavy atom. The Morgan fingerprint density at radius 1 is 0.660 bits per heavy atom. The standard InChI is InChI=1S/C38H52N2O10/c1-7-9-19-29(47-33(41)21-39(3)4)25-15-11-13-17-27(25)37(43)49-31-23-45-36-32(24-46-35(31)36)50-38(44)28-18-14-12-16-26(28)30(20-10-8-2)48-34(42)22-40(5)6/h11-18,29-32,35-36H,7-10,19-24H2,1-6H3/t29-,30-,31-,32+,35-,36-/m1/s1. The quantitative estimate of drug-likeness (QED) is 0.155. The maximum Gasteiger partial charge on any atom is 0.339 e. The lowest BCUT2D eigenvalue weighted by Crippen LogP contribution is -2.36. The van der Waals surface area contributed by atoms with Crippen LogP contribution in [0.15, 0.2) is 48.5 Å². The molecule has 4 rings (SSSR count). The lowest BCUT2D eigenvalue weighted by Gasteiger charge is -2.23. The minimum atomic E-state index is -0.739. The van der Waals surface area contributed by atoms with Gasteiger partial charge in [0, 0.05) is 11.1 Å². The van der Waals surface area contributed by atoms with Crippen LogP contribution in [0.2, 0.25) is 0 Å². The zero-order valence-electron chi connectivity index (χ0n) is 30.1. The van der Waals surface area contributed by atoms with Crippen molar-refractivity contribution in [2.75, 3.05) is 54.5 Å². The third-order valence-corrected chi connectivity index (χ3v) is 8.61. The molecule has 6 atom stereocenters. The lowest BCUT2D eigenvalue weighted by atomic mass is 9.98. The zero-order valence-corrected chi connectivity index (χ0v) is 30.1. The third-order valence-electron chi connectivity index (χ3n) is 8.61. The molecule has 0 aliphatic carbocycles. The van der Waals surface area contributed by atoms with Gasteiger partial charge in [0.15, 0.2) is 12.2 Å². The van der Waals surface area contributed by atoms with E-state index in [0.717, 1.165) is 25.7 Å². The Labute approximate surface area is 295 Å². The molecule has 0 saturated carbocycles. The number of nitrogens with zero attached hydrogens (tertiary/aromatic N) is 2. The first-order valence-corrected chi connectivity index (χ1v) is 17.5. The van der Waals surface area contributed by atoms with E-state index in [1.165, 1.54) is 0 Å². The van der Waals surface area contributed by atoms with Crippen LogP contribution in [-0.4, -0.2) is 113 Å². The van der Waals surface area contributed by atoms with Crippen molar-refractivity contribution >= 4 is 23.9 Å². The fourth-order valence-electron chi connectivity index (χ4n) is 6.20. The number of likely N-dealkylation sites (N-methyl/N-ethyl adjacent to an activating group) is 2. The number of rotatable bonds is 18. The molecule has 2 aliphatic rings. The van der Waals surface area contributed by atoms with Gasteiger partial charge < -0.3 is 28.4 Å². The summed E-state index contributed by atoms with van der Waals surface area (Å²) in [6, 6.07) is 14.0. The molecular weight excluding hydrogens is 644 g/mol. The molecule has 274 valence electrons. The van der Waals surface area contributed by atoms with Gasteiger partial charge in [0.1, 0.15) is 24.4 Å². The van der Waals surface area contributed by atoms with Crippen LogP contribution in [0.5, 0.6) is 0 Å². The Balaban J connectivity index is 1.43. The van der Waals surface area contributed by atoms with Gasteiger partial charge in [-0.15, -0.1) is 0 Å². The van der Waals surface area contributed by atoms with Crippen LogP contribution in [0.25, 0.3) is 0 Å². The number of ether oxygens (including phenoxy) is 6. The Kier molecular flexibility index (Phi) is 14.8. The van der Waals surface area contributed by atoms with Gasteiger partial charge in [0.2, 0.25) is 0 Å². The molecule has 0 spiro atoms. The van der Waals surface area contributed by atoms with Crippen LogP contribution < -0.4 is 0 Å². The zero-order chi connectivity index (χ0) is 36.2. The van der Waals surface area contributed by atoms with E-state index in [0.29, 0.717) is 35.1 Å². The van der Waals surface area contributed by atoms with Crippen LogP contribution >= 0.6 is 0 Å². The minimum Gasteiger partial charge on any atom is -0.457 e. The van der Waals surface area contributed by atoms with Gasteiger partial charge in [-0.25, -0.2) is 9.59 Å². The van der Waals surface area contributed by atoms with E-state index < -0.39 is 48.6 Å². The molecule has 12 heteroatoms. The lowest BCUT2D eigenvalue weighted by molar-refractivity contribution is -0.151. The van der Waals surface area contributed by atoms with Crippen molar-refractivity contribution in [3.8, 4) is 0 Å². The fourth-order valence-corrected chi connectivity index (χ4v) is 6.20. The second-order valence-corrected chi connectivity index (χ2v) is 13.4. The average Bonchev–Trinajstić information content (AvgIpc) is 3.67. The highest BCUT2D eigenvalue weighted by Crippen LogP contribution is 2.34. The molecule has 50 heavy (non-hydrogen) atoms. The number of carbonyl (C=O) groups excluding carboxylic acids is 4. The number of unbranched alkanes of at least 4 members (excludes halogenated alkanes) is 2. The average molecular weight is 697 g/mol. The van der Waals surface area contributed by atoms with Crippen molar-refractivity contribution in [2.24, 2.45) is 0 Å². The molecule has 0 bridgehead atoms. The molecule has 0 N–H and O–H groups in total. The maximum atomic E-state index is 13.6. The molecule has 0 unspecified atom stereocenters. The minimum absolute atomic E-state index is 0.0614. The van der Waals surface area contributed by atoms with Crippen LogP contribution in [0, 0.1) is 0 Å². The van der Waals surface area contributed by atoms with Gasteiger partial charge in [-0.3, -0.25) is 19.4 Å². The molecule has 2 heterocycles. The van der Waals surface area contributed by atoms with E-state index in [1.54, 1.807) is 86.5 Å². The Morgan fingerprint density at radius 3 is 1.40 bits per heavy atom. The van der Waals surface area contributed by atoms with Gasteiger partial charge >= 0.3 is 23.9 Å². The normalized spacial score (nSPS) is 21.0. The molecule has 2 aliphatic heterocycles. The number of benzene rings is 2. The highest BCUT2D eigenvalue weighted by molar-refractivity contribution is 5.92. The van der Waals surface area contributed by atoms with Crippen molar-refractivity contribution in [3.63, 3.8) is 0 Å². The largest absolute Gasteiger partial charge is 0.457 e. The van der Waals surface area contributed by atoms with Crippen LogP contribution in [-0.2, 0) is 38.0 Å². The van der Waals surface area contributed by atoms with Gasteiger partial charge in [0.05, 0.1) is 37.4 Å². The number of esters is 4. The molecule has 2 aromatic rings. The summed E-state index contributed by atoms with van der Waals surface area (Å²) in [4.78, 5) is 55.8. The van der Waals surface area contributed by atoms with Gasteiger partial charge in [-0.05, 0) is 66.0 Å². The summed E-state index contributed by atoms with van der Waals surface area (Å²) in [6.07, 6.45) is 0.568. The molecule has 2 aromatic carbocycles.